The lowest BCUT2D eigenvalue weighted by atomic mass is 10.2. The van der Waals surface area contributed by atoms with E-state index in [4.69, 9.17) is 0 Å². The molecule has 1 aromatic carbocycles. The van der Waals surface area contributed by atoms with Gasteiger partial charge in [0.05, 0.1) is 24.7 Å². The van der Waals surface area contributed by atoms with Gasteiger partial charge in [0.2, 0.25) is 15.9 Å². The molecule has 12 heteroatoms. The van der Waals surface area contributed by atoms with E-state index in [-0.39, 0.29) is 46.0 Å². The quantitative estimate of drug-likeness (QED) is 0.659. The van der Waals surface area contributed by atoms with E-state index in [1.165, 1.54) is 37.6 Å². The number of esters is 1. The number of thiazole rings is 1. The van der Waals surface area contributed by atoms with Crippen molar-refractivity contribution in [2.45, 2.75) is 4.90 Å². The Hall–Kier alpha value is -2.83. The molecule has 0 spiro atoms. The Bertz CT molecular complexity index is 1030. The maximum absolute atomic E-state index is 12.7. The van der Waals surface area contributed by atoms with Crippen LogP contribution in [0.3, 0.4) is 0 Å². The fraction of sp³-hybridized carbons (Fsp3) is 0.250. The van der Waals surface area contributed by atoms with Crippen LogP contribution in [-0.2, 0) is 19.6 Å². The number of piperazine rings is 1. The molecule has 0 bridgehead atoms. The van der Waals surface area contributed by atoms with Crippen LogP contribution in [0.1, 0.15) is 20.0 Å². The Morgan fingerprint density at radius 2 is 2.14 bits per heavy atom. The molecule has 0 aliphatic carbocycles. The standard InChI is InChI=1S/C16H16N4O6S2/c1-26-15(23)12-8-18-16(27-12)19-14(22)10-3-2-4-11(7-10)28(24,25)20-6-5-17-13(21)9-20/h2-4,7-8H,5-6,9H2,1H3,(H,17,21)(H,18,19,22). The zero-order valence-corrected chi connectivity index (χ0v) is 16.3. The van der Waals surface area contributed by atoms with E-state index in [0.29, 0.717) is 0 Å². The third-order valence-electron chi connectivity index (χ3n) is 3.85. The number of hydrogen-bond donors (Lipinski definition) is 2. The number of carbonyl (C=O) groups excluding carboxylic acids is 3. The Balaban J connectivity index is 1.78. The van der Waals surface area contributed by atoms with Crippen LogP contribution < -0.4 is 10.6 Å². The van der Waals surface area contributed by atoms with Crippen LogP contribution in [-0.4, -0.2) is 62.2 Å². The molecule has 3 rings (SSSR count). The fourth-order valence-electron chi connectivity index (χ4n) is 2.46. The highest BCUT2D eigenvalue weighted by molar-refractivity contribution is 7.89. The van der Waals surface area contributed by atoms with Crippen molar-refractivity contribution in [3.63, 3.8) is 0 Å². The number of sulfonamides is 1. The number of hydrogen-bond acceptors (Lipinski definition) is 8. The highest BCUT2D eigenvalue weighted by Crippen LogP contribution is 2.21. The molecule has 1 aromatic heterocycles. The highest BCUT2D eigenvalue weighted by Gasteiger charge is 2.29. The van der Waals surface area contributed by atoms with Gasteiger partial charge in [-0.3, -0.25) is 14.9 Å². The molecule has 0 unspecified atom stereocenters. The number of rotatable bonds is 5. The van der Waals surface area contributed by atoms with Crippen LogP contribution in [0, 0.1) is 0 Å². The van der Waals surface area contributed by atoms with Gasteiger partial charge in [-0.1, -0.05) is 17.4 Å². The summed E-state index contributed by atoms with van der Waals surface area (Å²) in [6.45, 7) is 0.110. The van der Waals surface area contributed by atoms with Gasteiger partial charge in [-0.2, -0.15) is 4.31 Å². The van der Waals surface area contributed by atoms with Crippen molar-refractivity contribution in [1.29, 1.82) is 0 Å². The van der Waals surface area contributed by atoms with E-state index in [2.05, 4.69) is 20.4 Å². The summed E-state index contributed by atoms with van der Waals surface area (Å²) in [4.78, 5) is 39.4. The zero-order chi connectivity index (χ0) is 20.3. The molecule has 2 N–H and O–H groups in total. The summed E-state index contributed by atoms with van der Waals surface area (Å²) in [5.74, 6) is -1.54. The van der Waals surface area contributed by atoms with Crippen LogP contribution >= 0.6 is 11.3 Å². The monoisotopic (exact) mass is 424 g/mol. The number of anilines is 1. The minimum Gasteiger partial charge on any atom is -0.465 e. The lowest BCUT2D eigenvalue weighted by molar-refractivity contribution is -0.122. The summed E-state index contributed by atoms with van der Waals surface area (Å²) in [5.41, 5.74) is 0.0948. The van der Waals surface area contributed by atoms with Crippen LogP contribution in [0.25, 0.3) is 0 Å². The lowest BCUT2D eigenvalue weighted by Gasteiger charge is -2.26. The molecule has 28 heavy (non-hydrogen) atoms. The van der Waals surface area contributed by atoms with Gasteiger partial charge in [0.25, 0.3) is 5.91 Å². The Labute approximate surface area is 164 Å². The number of amides is 2. The first-order valence-electron chi connectivity index (χ1n) is 8.03. The molecule has 2 amide bonds. The highest BCUT2D eigenvalue weighted by atomic mass is 32.2. The minimum atomic E-state index is -3.92. The summed E-state index contributed by atoms with van der Waals surface area (Å²) in [5, 5.41) is 5.24. The predicted octanol–water partition coefficient (Wildman–Crippen LogP) is 0.302. The van der Waals surface area contributed by atoms with Crippen molar-refractivity contribution in [3.05, 3.63) is 40.9 Å². The Kier molecular flexibility index (Phi) is 5.72. The smallest absolute Gasteiger partial charge is 0.349 e. The molecule has 10 nitrogen and oxygen atoms in total. The number of carbonyl (C=O) groups is 3. The third kappa shape index (κ3) is 4.18. The number of ether oxygens (including phenoxy) is 1. The van der Waals surface area contributed by atoms with Gasteiger partial charge in [0.1, 0.15) is 4.88 Å². The average Bonchev–Trinajstić information content (AvgIpc) is 3.16. The second-order valence-corrected chi connectivity index (χ2v) is 8.66. The van der Waals surface area contributed by atoms with Crippen molar-refractivity contribution in [2.24, 2.45) is 0 Å². The summed E-state index contributed by atoms with van der Waals surface area (Å²) in [7, 11) is -2.68. The van der Waals surface area contributed by atoms with Crippen molar-refractivity contribution in [3.8, 4) is 0 Å². The topological polar surface area (TPSA) is 135 Å². The van der Waals surface area contributed by atoms with E-state index < -0.39 is 21.9 Å². The predicted molar refractivity (Wildman–Crippen MR) is 99.6 cm³/mol. The van der Waals surface area contributed by atoms with E-state index in [9.17, 15) is 22.8 Å². The number of aromatic nitrogens is 1. The van der Waals surface area contributed by atoms with Crippen LogP contribution in [0.4, 0.5) is 5.13 Å². The van der Waals surface area contributed by atoms with Gasteiger partial charge >= 0.3 is 5.97 Å². The molecule has 0 radical (unpaired) electrons. The van der Waals surface area contributed by atoms with Gasteiger partial charge in [0.15, 0.2) is 5.13 Å². The molecule has 1 fully saturated rings. The number of nitrogens with one attached hydrogen (secondary N) is 2. The molecular formula is C16H16N4O6S2. The maximum atomic E-state index is 12.7. The summed E-state index contributed by atoms with van der Waals surface area (Å²) < 4.78 is 31.1. The number of benzene rings is 1. The van der Waals surface area contributed by atoms with Crippen molar-refractivity contribution in [2.75, 3.05) is 32.1 Å². The van der Waals surface area contributed by atoms with Gasteiger partial charge in [-0.25, -0.2) is 18.2 Å². The van der Waals surface area contributed by atoms with Crippen molar-refractivity contribution < 1.29 is 27.5 Å². The minimum absolute atomic E-state index is 0.0933. The lowest BCUT2D eigenvalue weighted by Crippen LogP contribution is -2.49. The average molecular weight is 424 g/mol. The molecule has 148 valence electrons. The second kappa shape index (κ2) is 8.04. The first-order valence-corrected chi connectivity index (χ1v) is 10.3. The first kappa shape index (κ1) is 19.9. The van der Waals surface area contributed by atoms with Gasteiger partial charge < -0.3 is 10.1 Å². The van der Waals surface area contributed by atoms with Crippen molar-refractivity contribution in [1.82, 2.24) is 14.6 Å². The molecule has 1 saturated heterocycles. The SMILES string of the molecule is COC(=O)c1cnc(NC(=O)c2cccc(S(=O)(=O)N3CCNC(=O)C3)c2)s1. The van der Waals surface area contributed by atoms with Crippen LogP contribution in [0.5, 0.6) is 0 Å². The normalized spacial score (nSPS) is 15.0. The van der Waals surface area contributed by atoms with Crippen molar-refractivity contribution >= 4 is 44.3 Å². The molecule has 0 atom stereocenters. The molecular weight excluding hydrogens is 408 g/mol. The van der Waals surface area contributed by atoms with E-state index in [1.54, 1.807) is 0 Å². The van der Waals surface area contributed by atoms with E-state index in [1.807, 2.05) is 0 Å². The Morgan fingerprint density at radius 1 is 1.36 bits per heavy atom. The summed E-state index contributed by atoms with van der Waals surface area (Å²) in [6, 6.07) is 5.48. The van der Waals surface area contributed by atoms with Gasteiger partial charge in [-0.05, 0) is 18.2 Å². The summed E-state index contributed by atoms with van der Waals surface area (Å²) in [6.07, 6.45) is 1.27. The first-order chi connectivity index (χ1) is 13.3. The molecule has 0 saturated carbocycles. The van der Waals surface area contributed by atoms with Crippen LogP contribution in [0.2, 0.25) is 0 Å². The van der Waals surface area contributed by atoms with Gasteiger partial charge in [-0.15, -0.1) is 0 Å². The molecule has 1 aliphatic heterocycles. The largest absolute Gasteiger partial charge is 0.465 e. The van der Waals surface area contributed by atoms with Gasteiger partial charge in [0, 0.05) is 18.7 Å². The fourth-order valence-corrected chi connectivity index (χ4v) is 4.64. The molecule has 1 aliphatic rings. The van der Waals surface area contributed by atoms with E-state index in [0.717, 1.165) is 15.6 Å². The zero-order valence-electron chi connectivity index (χ0n) is 14.7. The van der Waals surface area contributed by atoms with Crippen LogP contribution in [0.15, 0.2) is 35.4 Å². The number of nitrogens with zero attached hydrogens (tertiary/aromatic N) is 2. The summed E-state index contributed by atoms with van der Waals surface area (Å²) >= 11 is 0.933. The molecule has 2 heterocycles. The second-order valence-electron chi connectivity index (χ2n) is 5.69. The third-order valence-corrected chi connectivity index (χ3v) is 6.58. The molecule has 2 aromatic rings. The maximum Gasteiger partial charge on any atom is 0.349 e. The number of methoxy groups -OCH3 is 1. The van der Waals surface area contributed by atoms with E-state index >= 15 is 0 Å². The Morgan fingerprint density at radius 3 is 2.86 bits per heavy atom.